The Hall–Kier alpha value is -2.04. The first-order valence-electron chi connectivity index (χ1n) is 7.97. The Morgan fingerprint density at radius 2 is 1.79 bits per heavy atom. The number of allylic oxidation sites excluding steroid dienone is 1. The lowest BCUT2D eigenvalue weighted by molar-refractivity contribution is -0.145. The van der Waals surface area contributed by atoms with Gasteiger partial charge >= 0.3 is 5.97 Å². The third-order valence-corrected chi connectivity index (χ3v) is 4.71. The summed E-state index contributed by atoms with van der Waals surface area (Å²) in [5, 5.41) is 0. The van der Waals surface area contributed by atoms with Gasteiger partial charge < -0.3 is 4.74 Å². The van der Waals surface area contributed by atoms with Crippen LogP contribution in [0.15, 0.2) is 78.2 Å². The average Bonchev–Trinajstić information content (AvgIpc) is 2.63. The topological polar surface area (TPSA) is 29.5 Å². The van der Waals surface area contributed by atoms with Crippen molar-refractivity contribution >= 4 is 17.9 Å². The number of hydrogen-bond acceptors (Lipinski definition) is 4. The van der Waals surface area contributed by atoms with Crippen molar-refractivity contribution < 1.29 is 9.53 Å². The highest BCUT2D eigenvalue weighted by Crippen LogP contribution is 2.29. The molecule has 1 atom stereocenters. The van der Waals surface area contributed by atoms with Crippen LogP contribution in [0.1, 0.15) is 18.4 Å². The maximum atomic E-state index is 12.3. The summed E-state index contributed by atoms with van der Waals surface area (Å²) in [7, 11) is 1.44. The summed E-state index contributed by atoms with van der Waals surface area (Å²) in [6.07, 6.45) is 3.28. The highest BCUT2D eigenvalue weighted by Gasteiger charge is 2.27. The average molecular weight is 341 g/mol. The van der Waals surface area contributed by atoms with Crippen LogP contribution in [0.4, 0.5) is 0 Å². The molecule has 0 spiro atoms. The predicted molar refractivity (Wildman–Crippen MR) is 99.5 cm³/mol. The van der Waals surface area contributed by atoms with E-state index in [1.807, 2.05) is 54.6 Å². The number of carbonyl (C=O) groups is 1. The van der Waals surface area contributed by atoms with Crippen molar-refractivity contribution in [1.29, 1.82) is 0 Å². The fourth-order valence-electron chi connectivity index (χ4n) is 2.38. The Balaban J connectivity index is 2.24. The zero-order chi connectivity index (χ0) is 17.2. The second-order valence-electron chi connectivity index (χ2n) is 5.37. The lowest BCUT2D eigenvalue weighted by Crippen LogP contribution is -2.37. The van der Waals surface area contributed by atoms with Gasteiger partial charge in [0, 0.05) is 11.4 Å². The summed E-state index contributed by atoms with van der Waals surface area (Å²) in [5.74, 6) is -0.212. The van der Waals surface area contributed by atoms with Crippen LogP contribution in [0.2, 0.25) is 0 Å². The van der Waals surface area contributed by atoms with Gasteiger partial charge in [-0.3, -0.25) is 4.79 Å². The lowest BCUT2D eigenvalue weighted by atomic mass is 10.1. The van der Waals surface area contributed by atoms with Crippen molar-refractivity contribution in [1.82, 2.24) is 4.31 Å². The molecule has 0 bridgehead atoms. The monoisotopic (exact) mass is 341 g/mol. The molecule has 0 heterocycles. The van der Waals surface area contributed by atoms with Crippen LogP contribution in [-0.4, -0.2) is 23.4 Å². The highest BCUT2D eigenvalue weighted by molar-refractivity contribution is 7.97. The molecule has 0 saturated heterocycles. The van der Waals surface area contributed by atoms with Gasteiger partial charge in [-0.2, -0.15) is 0 Å². The second kappa shape index (κ2) is 9.96. The van der Waals surface area contributed by atoms with Crippen molar-refractivity contribution in [3.8, 4) is 0 Å². The maximum absolute atomic E-state index is 12.3. The van der Waals surface area contributed by atoms with E-state index in [2.05, 4.69) is 23.0 Å². The lowest BCUT2D eigenvalue weighted by Gasteiger charge is -2.28. The summed E-state index contributed by atoms with van der Waals surface area (Å²) in [6, 6.07) is 19.9. The van der Waals surface area contributed by atoms with E-state index in [-0.39, 0.29) is 12.0 Å². The normalized spacial score (nSPS) is 11.9. The van der Waals surface area contributed by atoms with E-state index >= 15 is 0 Å². The zero-order valence-electron chi connectivity index (χ0n) is 13.9. The minimum absolute atomic E-state index is 0.212. The van der Waals surface area contributed by atoms with Gasteiger partial charge in [0.1, 0.15) is 6.04 Å². The van der Waals surface area contributed by atoms with E-state index < -0.39 is 0 Å². The number of ether oxygens (including phenoxy) is 1. The molecule has 126 valence electrons. The Kier molecular flexibility index (Phi) is 7.59. The van der Waals surface area contributed by atoms with E-state index in [1.54, 1.807) is 11.9 Å². The standard InChI is InChI=1S/C20H23NO2S/c1-3-4-15-19(20(22)23-2)21(16-17-11-7-5-8-12-17)24-18-13-9-6-10-14-18/h3,5-14,19H,1,4,15-16H2,2H3/t19-/m0/s1. The molecule has 4 heteroatoms. The summed E-state index contributed by atoms with van der Waals surface area (Å²) in [5.41, 5.74) is 1.16. The molecule has 0 aromatic heterocycles. The Morgan fingerprint density at radius 3 is 2.38 bits per heavy atom. The van der Waals surface area contributed by atoms with Gasteiger partial charge in [-0.05, 0) is 42.5 Å². The largest absolute Gasteiger partial charge is 0.468 e. The molecule has 0 fully saturated rings. The first-order valence-corrected chi connectivity index (χ1v) is 8.74. The van der Waals surface area contributed by atoms with Crippen molar-refractivity contribution in [3.05, 3.63) is 78.9 Å². The summed E-state index contributed by atoms with van der Waals surface area (Å²) in [6.45, 7) is 4.43. The quantitative estimate of drug-likeness (QED) is 0.375. The van der Waals surface area contributed by atoms with Gasteiger partial charge in [0.05, 0.1) is 7.11 Å². The predicted octanol–water partition coefficient (Wildman–Crippen LogP) is 4.70. The van der Waals surface area contributed by atoms with Crippen molar-refractivity contribution in [3.63, 3.8) is 0 Å². The van der Waals surface area contributed by atoms with Gasteiger partial charge in [0.15, 0.2) is 0 Å². The number of methoxy groups -OCH3 is 1. The molecular formula is C20H23NO2S. The molecule has 0 aliphatic carbocycles. The molecule has 24 heavy (non-hydrogen) atoms. The Morgan fingerprint density at radius 1 is 1.17 bits per heavy atom. The third kappa shape index (κ3) is 5.55. The first kappa shape index (κ1) is 18.3. The maximum Gasteiger partial charge on any atom is 0.324 e. The van der Waals surface area contributed by atoms with Crippen LogP contribution in [0, 0.1) is 0 Å². The van der Waals surface area contributed by atoms with Crippen LogP contribution in [-0.2, 0) is 16.1 Å². The van der Waals surface area contributed by atoms with Crippen molar-refractivity contribution in [2.24, 2.45) is 0 Å². The number of hydrogen-bond donors (Lipinski definition) is 0. The van der Waals surface area contributed by atoms with Crippen LogP contribution in [0.25, 0.3) is 0 Å². The molecule has 0 saturated carbocycles. The molecule has 0 radical (unpaired) electrons. The SMILES string of the molecule is C=CCC[C@@H](C(=O)OC)N(Cc1ccccc1)Sc1ccccc1. The highest BCUT2D eigenvalue weighted by atomic mass is 32.2. The fraction of sp³-hybridized carbons (Fsp3) is 0.250. The number of nitrogens with zero attached hydrogens (tertiary/aromatic N) is 1. The minimum atomic E-state index is -0.321. The van der Waals surface area contributed by atoms with Crippen LogP contribution in [0.3, 0.4) is 0 Å². The van der Waals surface area contributed by atoms with E-state index in [0.717, 1.165) is 16.9 Å². The van der Waals surface area contributed by atoms with Gasteiger partial charge in [-0.1, -0.05) is 54.6 Å². The van der Waals surface area contributed by atoms with Gasteiger partial charge in [0.2, 0.25) is 0 Å². The van der Waals surface area contributed by atoms with E-state index in [1.165, 1.54) is 7.11 Å². The zero-order valence-corrected chi connectivity index (χ0v) is 14.7. The number of rotatable bonds is 9. The van der Waals surface area contributed by atoms with Crippen LogP contribution in [0.5, 0.6) is 0 Å². The summed E-state index contributed by atoms with van der Waals surface area (Å²) < 4.78 is 7.13. The molecule has 2 aromatic rings. The summed E-state index contributed by atoms with van der Waals surface area (Å²) >= 11 is 1.58. The van der Waals surface area contributed by atoms with Crippen LogP contribution < -0.4 is 0 Å². The number of carbonyl (C=O) groups excluding carboxylic acids is 1. The van der Waals surface area contributed by atoms with Crippen LogP contribution >= 0.6 is 11.9 Å². The van der Waals surface area contributed by atoms with E-state index in [4.69, 9.17) is 4.74 Å². The molecule has 0 unspecified atom stereocenters. The molecule has 0 aliphatic rings. The fourth-order valence-corrected chi connectivity index (χ4v) is 3.46. The first-order chi connectivity index (χ1) is 11.7. The Bertz CT molecular complexity index is 589. The minimum Gasteiger partial charge on any atom is -0.468 e. The summed E-state index contributed by atoms with van der Waals surface area (Å²) in [4.78, 5) is 13.4. The number of esters is 1. The molecule has 0 N–H and O–H groups in total. The smallest absolute Gasteiger partial charge is 0.324 e. The van der Waals surface area contributed by atoms with Gasteiger partial charge in [-0.15, -0.1) is 6.58 Å². The van der Waals surface area contributed by atoms with E-state index in [9.17, 15) is 4.79 Å². The molecule has 0 amide bonds. The van der Waals surface area contributed by atoms with Gasteiger partial charge in [0.25, 0.3) is 0 Å². The second-order valence-corrected chi connectivity index (χ2v) is 6.49. The van der Waals surface area contributed by atoms with Crippen molar-refractivity contribution in [2.75, 3.05) is 7.11 Å². The Labute approximate surface area is 148 Å². The molecule has 3 nitrogen and oxygen atoms in total. The molecule has 2 rings (SSSR count). The van der Waals surface area contributed by atoms with Crippen molar-refractivity contribution in [2.45, 2.75) is 30.3 Å². The van der Waals surface area contributed by atoms with E-state index in [0.29, 0.717) is 13.0 Å². The molecule has 2 aromatic carbocycles. The number of benzene rings is 2. The van der Waals surface area contributed by atoms with Gasteiger partial charge in [-0.25, -0.2) is 4.31 Å². The molecular weight excluding hydrogens is 318 g/mol. The molecule has 0 aliphatic heterocycles. The third-order valence-electron chi connectivity index (χ3n) is 3.61.